The molecule has 0 N–H and O–H groups in total. The second-order valence-electron chi connectivity index (χ2n) is 14.7. The summed E-state index contributed by atoms with van der Waals surface area (Å²) in [6.45, 7) is 10.8. The van der Waals surface area contributed by atoms with E-state index in [1.54, 1.807) is 0 Å². The van der Waals surface area contributed by atoms with Crippen LogP contribution in [0.1, 0.15) is 45.5 Å². The lowest BCUT2D eigenvalue weighted by molar-refractivity contribution is 0.118. The predicted octanol–water partition coefficient (Wildman–Crippen LogP) is 10.2. The molecule has 8 rings (SSSR count). The Morgan fingerprint density at radius 3 is 0.839 bits per heavy atom. The van der Waals surface area contributed by atoms with Crippen molar-refractivity contribution < 1.29 is 0 Å². The highest BCUT2D eigenvalue weighted by atomic mass is 15.3. The van der Waals surface area contributed by atoms with Gasteiger partial charge in [-0.1, -0.05) is 206 Å². The van der Waals surface area contributed by atoms with Crippen molar-refractivity contribution in [3.63, 3.8) is 0 Å². The molecule has 56 heavy (non-hydrogen) atoms. The Bertz CT molecular complexity index is 1770. The largest absolute Gasteiger partial charge is 0.297 e. The molecule has 6 aromatic carbocycles. The first-order chi connectivity index (χ1) is 27.8. The Hall–Kier alpha value is -5.36. The van der Waals surface area contributed by atoms with Gasteiger partial charge in [-0.25, -0.2) is 0 Å². The van der Waals surface area contributed by atoms with Crippen molar-refractivity contribution in [3.8, 4) is 0 Å². The molecule has 4 heteroatoms. The molecule has 2 heterocycles. The van der Waals surface area contributed by atoms with Crippen LogP contribution < -0.4 is 0 Å². The van der Waals surface area contributed by atoms with Crippen LogP contribution in [-0.4, -0.2) is 85.0 Å². The van der Waals surface area contributed by atoms with Gasteiger partial charge in [0.05, 0.1) is 12.1 Å². The number of hydrogen-bond donors (Lipinski definition) is 0. The molecule has 0 atom stereocenters. The van der Waals surface area contributed by atoms with Gasteiger partial charge in [-0.2, -0.15) is 0 Å². The zero-order valence-corrected chi connectivity index (χ0v) is 32.6. The summed E-state index contributed by atoms with van der Waals surface area (Å²) < 4.78 is 0. The summed E-state index contributed by atoms with van der Waals surface area (Å²) >= 11 is 0. The van der Waals surface area contributed by atoms with Gasteiger partial charge in [0.25, 0.3) is 0 Å². The lowest BCUT2D eigenvalue weighted by atomic mass is 9.96. The van der Waals surface area contributed by atoms with Crippen LogP contribution in [0.15, 0.2) is 194 Å². The molecule has 2 fully saturated rings. The summed E-state index contributed by atoms with van der Waals surface area (Å²) in [5, 5.41) is 0. The molecule has 4 nitrogen and oxygen atoms in total. The minimum Gasteiger partial charge on any atom is -0.297 e. The highest BCUT2D eigenvalue weighted by Crippen LogP contribution is 2.31. The third-order valence-electron chi connectivity index (χ3n) is 11.0. The molecule has 2 aliphatic rings. The molecule has 284 valence electrons. The minimum atomic E-state index is 0.337. The lowest BCUT2D eigenvalue weighted by Crippen LogP contribution is -2.47. The van der Waals surface area contributed by atoms with Gasteiger partial charge in [0.2, 0.25) is 0 Å². The molecule has 0 bridgehead atoms. The van der Waals surface area contributed by atoms with Crippen LogP contribution in [0.3, 0.4) is 0 Å². The van der Waals surface area contributed by atoms with Gasteiger partial charge in [0.15, 0.2) is 0 Å². The summed E-state index contributed by atoms with van der Waals surface area (Å²) in [4.78, 5) is 10.3. The summed E-state index contributed by atoms with van der Waals surface area (Å²) in [7, 11) is 0. The molecule has 0 aliphatic carbocycles. The number of piperazine rings is 2. The van der Waals surface area contributed by atoms with Crippen LogP contribution in [0.25, 0.3) is 12.2 Å². The molecule has 2 aliphatic heterocycles. The standard InChI is InChI=1S/2C26H28N2/c2*1-4-11-23(12-5-1)13-10-18-27-19-21-28(22-20-27)26(24-14-6-2-7-15-24)25-16-8-3-9-17-25/h2*1-17,26H,18-22H2/b2*13-10+. The van der Waals surface area contributed by atoms with Gasteiger partial charge in [0.1, 0.15) is 0 Å². The summed E-state index contributed by atoms with van der Waals surface area (Å²) in [5.74, 6) is 0. The number of benzene rings is 6. The van der Waals surface area contributed by atoms with Gasteiger partial charge >= 0.3 is 0 Å². The second-order valence-corrected chi connectivity index (χ2v) is 14.7. The van der Waals surface area contributed by atoms with Crippen LogP contribution in [0.4, 0.5) is 0 Å². The molecule has 2 saturated heterocycles. The van der Waals surface area contributed by atoms with E-state index in [0.29, 0.717) is 12.1 Å². The van der Waals surface area contributed by atoms with Gasteiger partial charge in [-0.3, -0.25) is 19.6 Å². The molecular weight excluding hydrogens is 681 g/mol. The third-order valence-corrected chi connectivity index (χ3v) is 11.0. The van der Waals surface area contributed by atoms with E-state index in [1.165, 1.54) is 33.4 Å². The molecule has 0 amide bonds. The second kappa shape index (κ2) is 21.1. The summed E-state index contributed by atoms with van der Waals surface area (Å²) in [5.41, 5.74) is 8.07. The molecule has 6 aromatic rings. The Labute approximate surface area is 335 Å². The maximum atomic E-state index is 2.63. The van der Waals surface area contributed by atoms with E-state index in [9.17, 15) is 0 Å². The quantitative estimate of drug-likeness (QED) is 0.124. The first kappa shape index (κ1) is 38.9. The van der Waals surface area contributed by atoms with Crippen molar-refractivity contribution >= 4 is 12.2 Å². The Morgan fingerprint density at radius 2 is 0.571 bits per heavy atom. The molecular formula is C52H56N4. The third kappa shape index (κ3) is 11.3. The lowest BCUT2D eigenvalue weighted by Gasteiger charge is -2.39. The molecule has 0 spiro atoms. The Kier molecular flexibility index (Phi) is 14.6. The highest BCUT2D eigenvalue weighted by molar-refractivity contribution is 5.49. The fourth-order valence-electron chi connectivity index (χ4n) is 7.98. The monoisotopic (exact) mass is 736 g/mol. The molecule has 0 unspecified atom stereocenters. The first-order valence-corrected chi connectivity index (χ1v) is 20.4. The predicted molar refractivity (Wildman–Crippen MR) is 236 cm³/mol. The molecule has 0 aromatic heterocycles. The van der Waals surface area contributed by atoms with Crippen LogP contribution in [0, 0.1) is 0 Å². The number of hydrogen-bond acceptors (Lipinski definition) is 4. The number of rotatable bonds is 12. The van der Waals surface area contributed by atoms with E-state index >= 15 is 0 Å². The summed E-state index contributed by atoms with van der Waals surface area (Å²) in [6.07, 6.45) is 9.03. The van der Waals surface area contributed by atoms with Crippen LogP contribution in [-0.2, 0) is 0 Å². The van der Waals surface area contributed by atoms with Crippen molar-refractivity contribution in [1.82, 2.24) is 19.6 Å². The van der Waals surface area contributed by atoms with Crippen LogP contribution in [0.5, 0.6) is 0 Å². The van der Waals surface area contributed by atoms with Gasteiger partial charge in [0, 0.05) is 65.4 Å². The van der Waals surface area contributed by atoms with Gasteiger partial charge in [-0.15, -0.1) is 0 Å². The van der Waals surface area contributed by atoms with Crippen LogP contribution >= 0.6 is 0 Å². The molecule has 0 saturated carbocycles. The number of nitrogens with zero attached hydrogens (tertiary/aromatic N) is 4. The Morgan fingerprint density at radius 1 is 0.321 bits per heavy atom. The zero-order chi connectivity index (χ0) is 38.0. The summed E-state index contributed by atoms with van der Waals surface area (Å²) in [6, 6.07) is 65.4. The highest BCUT2D eigenvalue weighted by Gasteiger charge is 2.27. The fourth-order valence-corrected chi connectivity index (χ4v) is 7.98. The smallest absolute Gasteiger partial charge is 0.0602 e. The van der Waals surface area contributed by atoms with E-state index < -0.39 is 0 Å². The average Bonchev–Trinajstić information content (AvgIpc) is 3.27. The van der Waals surface area contributed by atoms with E-state index in [2.05, 4.69) is 226 Å². The van der Waals surface area contributed by atoms with Crippen molar-refractivity contribution in [2.45, 2.75) is 12.1 Å². The average molecular weight is 737 g/mol. The van der Waals surface area contributed by atoms with Gasteiger partial charge in [-0.05, 0) is 33.4 Å². The van der Waals surface area contributed by atoms with Crippen molar-refractivity contribution in [2.24, 2.45) is 0 Å². The topological polar surface area (TPSA) is 13.0 Å². The van der Waals surface area contributed by atoms with Gasteiger partial charge < -0.3 is 0 Å². The van der Waals surface area contributed by atoms with E-state index in [1.807, 2.05) is 0 Å². The molecule has 0 radical (unpaired) electrons. The fraction of sp³-hybridized carbons (Fsp3) is 0.231. The van der Waals surface area contributed by atoms with Crippen molar-refractivity contribution in [2.75, 3.05) is 65.4 Å². The maximum Gasteiger partial charge on any atom is 0.0602 e. The normalized spacial score (nSPS) is 16.0. The maximum absolute atomic E-state index is 2.63. The minimum absolute atomic E-state index is 0.337. The first-order valence-electron chi connectivity index (χ1n) is 20.4. The van der Waals surface area contributed by atoms with Crippen molar-refractivity contribution in [3.05, 3.63) is 228 Å². The van der Waals surface area contributed by atoms with E-state index in [0.717, 1.165) is 65.4 Å². The Balaban J connectivity index is 0.000000172. The van der Waals surface area contributed by atoms with E-state index in [-0.39, 0.29) is 0 Å². The van der Waals surface area contributed by atoms with E-state index in [4.69, 9.17) is 0 Å². The van der Waals surface area contributed by atoms with Crippen molar-refractivity contribution in [1.29, 1.82) is 0 Å². The zero-order valence-electron chi connectivity index (χ0n) is 32.6. The SMILES string of the molecule is C(=C\c1ccccc1)/CN1CCN(C(c2ccccc2)c2ccccc2)CC1.C(=C\c1ccccc1)/CN1CCN(C(c2ccccc2)c2ccccc2)CC1. The van der Waals surface area contributed by atoms with Crippen LogP contribution in [0.2, 0.25) is 0 Å².